The summed E-state index contributed by atoms with van der Waals surface area (Å²) in [6.45, 7) is 0. The Morgan fingerprint density at radius 2 is 2.31 bits per heavy atom. The molecule has 0 aromatic carbocycles. The monoisotopic (exact) mass is 178 g/mol. The third-order valence-electron chi connectivity index (χ3n) is 4.41. The largest absolute Gasteiger partial charge is 0.385 e. The summed E-state index contributed by atoms with van der Waals surface area (Å²) in [6, 6.07) is 0. The van der Waals surface area contributed by atoms with Gasteiger partial charge in [-0.2, -0.15) is 0 Å². The maximum absolute atomic E-state index is 10.6. The van der Waals surface area contributed by atoms with Gasteiger partial charge in [0, 0.05) is 0 Å². The lowest BCUT2D eigenvalue weighted by Gasteiger charge is -2.34. The smallest absolute Gasteiger partial charge is 0.0887 e. The molecule has 2 bridgehead atoms. The molecule has 1 nitrogen and oxygen atoms in total. The summed E-state index contributed by atoms with van der Waals surface area (Å²) in [5.74, 6) is 1.46. The predicted molar refractivity (Wildman–Crippen MR) is 52.3 cm³/mol. The molecule has 2 saturated carbocycles. The Balaban J connectivity index is 1.89. The van der Waals surface area contributed by atoms with Crippen molar-refractivity contribution in [3.8, 4) is 0 Å². The van der Waals surface area contributed by atoms with E-state index in [-0.39, 0.29) is 5.60 Å². The van der Waals surface area contributed by atoms with Gasteiger partial charge in [-0.15, -0.1) is 0 Å². The minimum Gasteiger partial charge on any atom is -0.385 e. The second-order valence-corrected chi connectivity index (χ2v) is 5.13. The second-order valence-electron chi connectivity index (χ2n) is 5.13. The molecule has 0 saturated heterocycles. The average molecular weight is 178 g/mol. The van der Waals surface area contributed by atoms with Gasteiger partial charge in [-0.05, 0) is 62.4 Å². The first-order valence-electron chi connectivity index (χ1n) is 5.71. The van der Waals surface area contributed by atoms with E-state index in [4.69, 9.17) is 0 Å². The van der Waals surface area contributed by atoms with Crippen molar-refractivity contribution in [1.82, 2.24) is 0 Å². The quantitative estimate of drug-likeness (QED) is 0.612. The maximum Gasteiger partial charge on any atom is 0.0887 e. The molecule has 0 spiro atoms. The number of aliphatic hydroxyl groups is 1. The van der Waals surface area contributed by atoms with Crippen LogP contribution in [0.3, 0.4) is 0 Å². The Hall–Kier alpha value is -0.300. The molecule has 1 N–H and O–H groups in total. The van der Waals surface area contributed by atoms with Crippen LogP contribution in [0.1, 0.15) is 44.9 Å². The number of allylic oxidation sites excluding steroid dienone is 1. The van der Waals surface area contributed by atoms with Crippen molar-refractivity contribution in [1.29, 1.82) is 0 Å². The number of fused-ring (bicyclic) bond motifs is 2. The summed E-state index contributed by atoms with van der Waals surface area (Å²) < 4.78 is 0. The van der Waals surface area contributed by atoms with E-state index in [1.165, 1.54) is 44.1 Å². The lowest BCUT2D eigenvalue weighted by atomic mass is 9.78. The maximum atomic E-state index is 10.6. The van der Waals surface area contributed by atoms with Gasteiger partial charge in [0.1, 0.15) is 0 Å². The van der Waals surface area contributed by atoms with Crippen LogP contribution in [0, 0.1) is 11.8 Å². The van der Waals surface area contributed by atoms with Crippen LogP contribution in [-0.2, 0) is 0 Å². The minimum absolute atomic E-state index is 0.348. The molecular formula is C12H18O. The molecule has 0 aromatic rings. The van der Waals surface area contributed by atoms with Gasteiger partial charge in [0.15, 0.2) is 0 Å². The highest BCUT2D eigenvalue weighted by Gasteiger charge is 2.51. The van der Waals surface area contributed by atoms with Crippen molar-refractivity contribution in [2.45, 2.75) is 50.5 Å². The summed E-state index contributed by atoms with van der Waals surface area (Å²) in [5, 5.41) is 10.6. The first kappa shape index (κ1) is 8.05. The Kier molecular flexibility index (Phi) is 1.61. The van der Waals surface area contributed by atoms with E-state index in [1.54, 1.807) is 0 Å². The highest BCUT2D eigenvalue weighted by atomic mass is 16.3. The molecular weight excluding hydrogens is 160 g/mol. The normalized spacial score (nSPS) is 48.5. The van der Waals surface area contributed by atoms with E-state index in [1.807, 2.05) is 0 Å². The SMILES string of the molecule is OC1(C2=CCCC2)CC2CCC1C2. The van der Waals surface area contributed by atoms with Gasteiger partial charge in [-0.1, -0.05) is 6.08 Å². The Bertz CT molecular complexity index is 256. The molecule has 3 aliphatic rings. The van der Waals surface area contributed by atoms with Crippen LogP contribution in [0.2, 0.25) is 0 Å². The molecule has 3 aliphatic carbocycles. The molecule has 0 amide bonds. The van der Waals surface area contributed by atoms with E-state index in [0.717, 1.165) is 12.3 Å². The van der Waals surface area contributed by atoms with E-state index in [2.05, 4.69) is 6.08 Å². The molecule has 2 fully saturated rings. The Labute approximate surface area is 79.8 Å². The predicted octanol–water partition coefficient (Wildman–Crippen LogP) is 2.65. The number of hydrogen-bond donors (Lipinski definition) is 1. The highest BCUT2D eigenvalue weighted by Crippen LogP contribution is 2.55. The van der Waals surface area contributed by atoms with Gasteiger partial charge >= 0.3 is 0 Å². The average Bonchev–Trinajstić information content (AvgIpc) is 2.79. The zero-order chi connectivity index (χ0) is 8.89. The first-order valence-corrected chi connectivity index (χ1v) is 5.71. The van der Waals surface area contributed by atoms with Gasteiger partial charge < -0.3 is 5.11 Å². The van der Waals surface area contributed by atoms with Gasteiger partial charge in [-0.25, -0.2) is 0 Å². The van der Waals surface area contributed by atoms with Gasteiger partial charge in [-0.3, -0.25) is 0 Å². The molecule has 13 heavy (non-hydrogen) atoms. The van der Waals surface area contributed by atoms with Gasteiger partial charge in [0.05, 0.1) is 5.60 Å². The molecule has 3 atom stereocenters. The van der Waals surface area contributed by atoms with E-state index >= 15 is 0 Å². The zero-order valence-electron chi connectivity index (χ0n) is 8.13. The lowest BCUT2D eigenvalue weighted by molar-refractivity contribution is 0.0204. The first-order chi connectivity index (χ1) is 6.29. The molecule has 0 aromatic heterocycles. The van der Waals surface area contributed by atoms with Gasteiger partial charge in [0.25, 0.3) is 0 Å². The molecule has 3 unspecified atom stereocenters. The summed E-state index contributed by atoms with van der Waals surface area (Å²) in [5.41, 5.74) is 1.04. The van der Waals surface area contributed by atoms with Crippen molar-refractivity contribution in [3.63, 3.8) is 0 Å². The highest BCUT2D eigenvalue weighted by molar-refractivity contribution is 5.25. The summed E-state index contributed by atoms with van der Waals surface area (Å²) in [7, 11) is 0. The standard InChI is InChI=1S/C12H18O/c13-12(10-3-1-2-4-10)8-9-5-6-11(12)7-9/h3,9,11,13H,1-2,4-8H2. The van der Waals surface area contributed by atoms with Crippen LogP contribution in [-0.4, -0.2) is 10.7 Å². The van der Waals surface area contributed by atoms with Crippen LogP contribution in [0.15, 0.2) is 11.6 Å². The zero-order valence-corrected chi connectivity index (χ0v) is 8.13. The van der Waals surface area contributed by atoms with Crippen LogP contribution in [0.5, 0.6) is 0 Å². The third-order valence-corrected chi connectivity index (χ3v) is 4.41. The molecule has 3 rings (SSSR count). The van der Waals surface area contributed by atoms with Crippen LogP contribution >= 0.6 is 0 Å². The Morgan fingerprint density at radius 3 is 2.85 bits per heavy atom. The fourth-order valence-corrected chi connectivity index (χ4v) is 3.76. The fraction of sp³-hybridized carbons (Fsp3) is 0.833. The fourth-order valence-electron chi connectivity index (χ4n) is 3.76. The minimum atomic E-state index is -0.348. The Morgan fingerprint density at radius 1 is 1.38 bits per heavy atom. The molecule has 0 aliphatic heterocycles. The third kappa shape index (κ3) is 1.03. The van der Waals surface area contributed by atoms with Crippen molar-refractivity contribution < 1.29 is 5.11 Å². The van der Waals surface area contributed by atoms with E-state index in [0.29, 0.717) is 5.92 Å². The summed E-state index contributed by atoms with van der Waals surface area (Å²) in [4.78, 5) is 0. The summed E-state index contributed by atoms with van der Waals surface area (Å²) in [6.07, 6.45) is 11.0. The lowest BCUT2D eigenvalue weighted by Crippen LogP contribution is -2.36. The number of rotatable bonds is 1. The van der Waals surface area contributed by atoms with Crippen LogP contribution in [0.4, 0.5) is 0 Å². The van der Waals surface area contributed by atoms with Crippen LogP contribution in [0.25, 0.3) is 0 Å². The van der Waals surface area contributed by atoms with E-state index < -0.39 is 0 Å². The molecule has 0 heterocycles. The van der Waals surface area contributed by atoms with Crippen molar-refractivity contribution in [3.05, 3.63) is 11.6 Å². The van der Waals surface area contributed by atoms with Crippen LogP contribution < -0.4 is 0 Å². The van der Waals surface area contributed by atoms with Gasteiger partial charge in [0.2, 0.25) is 0 Å². The molecule has 0 radical (unpaired) electrons. The van der Waals surface area contributed by atoms with Crippen molar-refractivity contribution >= 4 is 0 Å². The summed E-state index contributed by atoms with van der Waals surface area (Å²) >= 11 is 0. The molecule has 72 valence electrons. The van der Waals surface area contributed by atoms with E-state index in [9.17, 15) is 5.11 Å². The topological polar surface area (TPSA) is 20.2 Å². The van der Waals surface area contributed by atoms with Crippen molar-refractivity contribution in [2.24, 2.45) is 11.8 Å². The van der Waals surface area contributed by atoms with Crippen molar-refractivity contribution in [2.75, 3.05) is 0 Å². The molecule has 1 heteroatoms. The number of hydrogen-bond acceptors (Lipinski definition) is 1. The second kappa shape index (κ2) is 2.60.